The molecule has 0 saturated carbocycles. The van der Waals surface area contributed by atoms with E-state index >= 15 is 0 Å². The maximum absolute atomic E-state index is 11.1. The summed E-state index contributed by atoms with van der Waals surface area (Å²) < 4.78 is 1.52. The van der Waals surface area contributed by atoms with E-state index in [1.807, 2.05) is 6.92 Å². The van der Waals surface area contributed by atoms with Crippen molar-refractivity contribution in [1.29, 1.82) is 0 Å². The summed E-state index contributed by atoms with van der Waals surface area (Å²) in [5.41, 5.74) is 0.560. The zero-order valence-electron chi connectivity index (χ0n) is 11.5. The fraction of sp³-hybridized carbons (Fsp3) is 0.545. The number of nitro groups is 1. The molecule has 0 radical (unpaired) electrons. The van der Waals surface area contributed by atoms with Crippen LogP contribution in [0.1, 0.15) is 24.9 Å². The van der Waals surface area contributed by atoms with Gasteiger partial charge in [0.05, 0.1) is 4.92 Å². The van der Waals surface area contributed by atoms with Gasteiger partial charge in [0.1, 0.15) is 17.8 Å². The van der Waals surface area contributed by atoms with Crippen LogP contribution in [-0.4, -0.2) is 36.4 Å². The molecular weight excluding hydrogens is 262 g/mol. The topological polar surface area (TPSA) is 115 Å². The molecule has 0 atom stereocenters. The van der Waals surface area contributed by atoms with Crippen molar-refractivity contribution in [1.82, 2.24) is 25.0 Å². The summed E-state index contributed by atoms with van der Waals surface area (Å²) >= 11 is 0. The van der Waals surface area contributed by atoms with Crippen LogP contribution in [0.5, 0.6) is 0 Å². The van der Waals surface area contributed by atoms with Crippen molar-refractivity contribution in [3.63, 3.8) is 0 Å². The average Bonchev–Trinajstić information content (AvgIpc) is 3.02. The maximum Gasteiger partial charge on any atom is 0.333 e. The molecule has 20 heavy (non-hydrogen) atoms. The number of aryl methyl sites for hydroxylation is 3. The Morgan fingerprint density at radius 2 is 2.35 bits per heavy atom. The Labute approximate surface area is 115 Å². The maximum atomic E-state index is 11.1. The summed E-state index contributed by atoms with van der Waals surface area (Å²) in [6, 6.07) is 0. The highest BCUT2D eigenvalue weighted by Gasteiger charge is 2.25. The van der Waals surface area contributed by atoms with Gasteiger partial charge < -0.3 is 5.32 Å². The number of aromatic amines is 1. The van der Waals surface area contributed by atoms with E-state index in [0.29, 0.717) is 24.5 Å². The second-order valence-electron chi connectivity index (χ2n) is 4.34. The Hall–Kier alpha value is -2.45. The first-order valence-corrected chi connectivity index (χ1v) is 6.41. The van der Waals surface area contributed by atoms with Crippen molar-refractivity contribution in [2.75, 3.05) is 11.9 Å². The smallest absolute Gasteiger partial charge is 0.333 e. The third-order valence-corrected chi connectivity index (χ3v) is 2.96. The van der Waals surface area contributed by atoms with Crippen molar-refractivity contribution in [3.05, 3.63) is 28.0 Å². The highest BCUT2D eigenvalue weighted by Crippen LogP contribution is 2.28. The SMILES string of the molecule is CCc1nn(C)c(NCCCc2ncn[nH]2)c1[N+](=O)[O-]. The van der Waals surface area contributed by atoms with Crippen LogP contribution >= 0.6 is 0 Å². The standard InChI is InChI=1S/C11H17N7O2/c1-3-8-10(18(19)20)11(17(2)16-8)12-6-4-5-9-13-7-14-15-9/h7,12H,3-6H2,1-2H3,(H,13,14,15). The number of nitrogens with one attached hydrogen (secondary N) is 2. The second-order valence-corrected chi connectivity index (χ2v) is 4.34. The monoisotopic (exact) mass is 279 g/mol. The first-order chi connectivity index (χ1) is 9.63. The number of nitrogens with zero attached hydrogens (tertiary/aromatic N) is 5. The van der Waals surface area contributed by atoms with Crippen molar-refractivity contribution in [2.45, 2.75) is 26.2 Å². The second kappa shape index (κ2) is 6.13. The zero-order valence-corrected chi connectivity index (χ0v) is 11.5. The predicted molar refractivity (Wildman–Crippen MR) is 72.4 cm³/mol. The van der Waals surface area contributed by atoms with Crippen LogP contribution in [0.2, 0.25) is 0 Å². The molecule has 0 aliphatic carbocycles. The number of anilines is 1. The number of aromatic nitrogens is 5. The summed E-state index contributed by atoms with van der Waals surface area (Å²) in [5, 5.41) is 24.9. The van der Waals surface area contributed by atoms with Gasteiger partial charge in [-0.1, -0.05) is 6.92 Å². The van der Waals surface area contributed by atoms with Gasteiger partial charge in [0, 0.05) is 20.0 Å². The molecule has 0 bridgehead atoms. The molecule has 9 nitrogen and oxygen atoms in total. The van der Waals surface area contributed by atoms with Crippen LogP contribution < -0.4 is 5.32 Å². The molecule has 0 aliphatic rings. The van der Waals surface area contributed by atoms with Crippen molar-refractivity contribution < 1.29 is 4.92 Å². The molecule has 0 aliphatic heterocycles. The Morgan fingerprint density at radius 1 is 1.55 bits per heavy atom. The minimum atomic E-state index is -0.384. The van der Waals surface area contributed by atoms with E-state index in [-0.39, 0.29) is 10.6 Å². The molecule has 0 aromatic carbocycles. The lowest BCUT2D eigenvalue weighted by Crippen LogP contribution is -2.09. The van der Waals surface area contributed by atoms with Gasteiger partial charge in [-0.2, -0.15) is 10.2 Å². The van der Waals surface area contributed by atoms with Crippen LogP contribution in [0, 0.1) is 10.1 Å². The largest absolute Gasteiger partial charge is 0.365 e. The Balaban J connectivity index is 1.98. The molecule has 2 N–H and O–H groups in total. The Kier molecular flexibility index (Phi) is 4.28. The lowest BCUT2D eigenvalue weighted by atomic mass is 10.2. The van der Waals surface area contributed by atoms with Crippen LogP contribution in [-0.2, 0) is 19.9 Å². The number of hydrogen-bond donors (Lipinski definition) is 2. The molecule has 2 heterocycles. The van der Waals surface area contributed by atoms with Crippen LogP contribution in [0.15, 0.2) is 6.33 Å². The quantitative estimate of drug-likeness (QED) is 0.445. The lowest BCUT2D eigenvalue weighted by Gasteiger charge is -2.05. The molecule has 0 fully saturated rings. The van der Waals surface area contributed by atoms with Gasteiger partial charge in [0.15, 0.2) is 0 Å². The van der Waals surface area contributed by atoms with Crippen LogP contribution in [0.25, 0.3) is 0 Å². The average molecular weight is 279 g/mol. The minimum absolute atomic E-state index is 0.0645. The molecule has 0 spiro atoms. The summed E-state index contributed by atoms with van der Waals surface area (Å²) in [5.74, 6) is 1.25. The third kappa shape index (κ3) is 2.92. The van der Waals surface area contributed by atoms with E-state index in [9.17, 15) is 10.1 Å². The molecule has 2 aromatic rings. The molecule has 2 aromatic heterocycles. The Morgan fingerprint density at radius 3 is 2.95 bits per heavy atom. The molecule has 0 unspecified atom stereocenters. The lowest BCUT2D eigenvalue weighted by molar-refractivity contribution is -0.384. The predicted octanol–water partition coefficient (Wildman–Crippen LogP) is 1.05. The molecule has 108 valence electrons. The van der Waals surface area contributed by atoms with Gasteiger partial charge in [-0.25, -0.2) is 9.67 Å². The van der Waals surface area contributed by atoms with Crippen molar-refractivity contribution in [2.24, 2.45) is 7.05 Å². The highest BCUT2D eigenvalue weighted by atomic mass is 16.6. The van der Waals surface area contributed by atoms with Gasteiger partial charge in [-0.05, 0) is 12.8 Å². The van der Waals surface area contributed by atoms with Gasteiger partial charge in [-0.15, -0.1) is 0 Å². The minimum Gasteiger partial charge on any atom is -0.365 e. The summed E-state index contributed by atoms with van der Waals surface area (Å²) in [6.07, 6.45) is 3.52. The van der Waals surface area contributed by atoms with Crippen LogP contribution in [0.3, 0.4) is 0 Å². The zero-order chi connectivity index (χ0) is 14.5. The van der Waals surface area contributed by atoms with E-state index in [1.165, 1.54) is 11.0 Å². The molecule has 0 saturated heterocycles. The molecule has 2 rings (SSSR count). The van der Waals surface area contributed by atoms with E-state index in [0.717, 1.165) is 18.7 Å². The molecule has 0 amide bonds. The summed E-state index contributed by atoms with van der Waals surface area (Å²) in [6.45, 7) is 2.45. The molecule has 9 heteroatoms. The highest BCUT2D eigenvalue weighted by molar-refractivity contribution is 5.59. The van der Waals surface area contributed by atoms with Gasteiger partial charge >= 0.3 is 5.69 Å². The fourth-order valence-corrected chi connectivity index (χ4v) is 2.01. The van der Waals surface area contributed by atoms with Gasteiger partial charge in [0.2, 0.25) is 5.82 Å². The van der Waals surface area contributed by atoms with Crippen LogP contribution in [0.4, 0.5) is 11.5 Å². The van der Waals surface area contributed by atoms with Gasteiger partial charge in [0.25, 0.3) is 0 Å². The van der Waals surface area contributed by atoms with Gasteiger partial charge in [-0.3, -0.25) is 15.2 Å². The first kappa shape index (κ1) is 14.0. The number of H-pyrrole nitrogens is 1. The van der Waals surface area contributed by atoms with E-state index in [2.05, 4.69) is 25.6 Å². The third-order valence-electron chi connectivity index (χ3n) is 2.96. The normalized spacial score (nSPS) is 10.7. The summed E-state index contributed by atoms with van der Waals surface area (Å²) in [7, 11) is 1.70. The van der Waals surface area contributed by atoms with Crippen molar-refractivity contribution >= 4 is 11.5 Å². The first-order valence-electron chi connectivity index (χ1n) is 6.41. The van der Waals surface area contributed by atoms with E-state index < -0.39 is 0 Å². The fourth-order valence-electron chi connectivity index (χ4n) is 2.01. The molecular formula is C11H17N7O2. The summed E-state index contributed by atoms with van der Waals surface area (Å²) in [4.78, 5) is 14.8. The Bertz CT molecular complexity index is 576. The van der Waals surface area contributed by atoms with E-state index in [1.54, 1.807) is 7.05 Å². The number of rotatable bonds is 7. The number of hydrogen-bond acceptors (Lipinski definition) is 6. The van der Waals surface area contributed by atoms with Crippen molar-refractivity contribution in [3.8, 4) is 0 Å². The van der Waals surface area contributed by atoms with E-state index in [4.69, 9.17) is 0 Å².